The van der Waals surface area contributed by atoms with Gasteiger partial charge in [-0.3, -0.25) is 0 Å². The molecule has 1 aromatic carbocycles. The van der Waals surface area contributed by atoms with Crippen molar-refractivity contribution in [3.8, 4) is 11.4 Å². The van der Waals surface area contributed by atoms with Crippen molar-refractivity contribution in [3.63, 3.8) is 0 Å². The zero-order valence-corrected chi connectivity index (χ0v) is 9.21. The summed E-state index contributed by atoms with van der Waals surface area (Å²) in [5.74, 6) is 1.54. The summed E-state index contributed by atoms with van der Waals surface area (Å²) in [6.07, 6.45) is 0. The lowest BCUT2D eigenvalue weighted by atomic mass is 10.3. The van der Waals surface area contributed by atoms with Gasteiger partial charge in [0.15, 0.2) is 5.82 Å². The van der Waals surface area contributed by atoms with Crippen LogP contribution >= 0.6 is 0 Å². The number of aromatic nitrogens is 4. The molecule has 0 unspecified atom stereocenters. The molecule has 0 radical (unpaired) electrons. The molecule has 6 nitrogen and oxygen atoms in total. The van der Waals surface area contributed by atoms with Crippen LogP contribution in [0.5, 0.6) is 5.75 Å². The van der Waals surface area contributed by atoms with E-state index in [1.54, 1.807) is 11.8 Å². The first-order valence-electron chi connectivity index (χ1n) is 4.91. The van der Waals surface area contributed by atoms with Crippen molar-refractivity contribution in [2.45, 2.75) is 6.54 Å². The fourth-order valence-electron chi connectivity index (χ4n) is 1.42. The molecule has 0 saturated carbocycles. The number of tetrazole rings is 1. The number of rotatable bonds is 4. The average Bonchev–Trinajstić information content (AvgIpc) is 2.78. The van der Waals surface area contributed by atoms with Gasteiger partial charge in [-0.1, -0.05) is 6.07 Å². The van der Waals surface area contributed by atoms with Crippen LogP contribution in [0.3, 0.4) is 0 Å². The lowest BCUT2D eigenvalue weighted by Crippen LogP contribution is -2.12. The number of nitrogens with zero attached hydrogens (tertiary/aromatic N) is 4. The lowest BCUT2D eigenvalue weighted by molar-refractivity contribution is 0.414. The van der Waals surface area contributed by atoms with E-state index in [4.69, 9.17) is 4.74 Å². The van der Waals surface area contributed by atoms with Crippen LogP contribution in [0.1, 0.15) is 5.82 Å². The highest BCUT2D eigenvalue weighted by Crippen LogP contribution is 2.16. The number of ether oxygens (including phenoxy) is 1. The second kappa shape index (κ2) is 4.71. The Balaban J connectivity index is 2.37. The van der Waals surface area contributed by atoms with Crippen molar-refractivity contribution >= 4 is 0 Å². The summed E-state index contributed by atoms with van der Waals surface area (Å²) in [4.78, 5) is 0. The minimum atomic E-state index is 0.615. The molecule has 0 amide bonds. The first-order chi connectivity index (χ1) is 7.85. The lowest BCUT2D eigenvalue weighted by Gasteiger charge is -2.05. The molecule has 1 N–H and O–H groups in total. The van der Waals surface area contributed by atoms with Gasteiger partial charge in [0.1, 0.15) is 5.75 Å². The van der Waals surface area contributed by atoms with Gasteiger partial charge >= 0.3 is 0 Å². The number of nitrogens with one attached hydrogen (secondary N) is 1. The summed E-state index contributed by atoms with van der Waals surface area (Å²) < 4.78 is 6.83. The van der Waals surface area contributed by atoms with E-state index in [-0.39, 0.29) is 0 Å². The van der Waals surface area contributed by atoms with Crippen molar-refractivity contribution in [2.24, 2.45) is 0 Å². The molecule has 2 aromatic rings. The van der Waals surface area contributed by atoms with Gasteiger partial charge < -0.3 is 10.1 Å². The summed E-state index contributed by atoms with van der Waals surface area (Å²) in [6.45, 7) is 0.615. The third kappa shape index (κ3) is 2.01. The van der Waals surface area contributed by atoms with Gasteiger partial charge in [-0.2, -0.15) is 4.68 Å². The maximum atomic E-state index is 5.16. The van der Waals surface area contributed by atoms with Crippen molar-refractivity contribution in [1.82, 2.24) is 25.5 Å². The van der Waals surface area contributed by atoms with Crippen molar-refractivity contribution in [2.75, 3.05) is 14.2 Å². The van der Waals surface area contributed by atoms with Crippen LogP contribution in [0, 0.1) is 0 Å². The standard InChI is InChI=1S/C10H13N5O/c1-11-7-10-12-13-14-15(10)8-4-3-5-9(6-8)16-2/h3-6,11H,7H2,1-2H3. The molecule has 0 aliphatic carbocycles. The number of hydrogen-bond donors (Lipinski definition) is 1. The molecule has 16 heavy (non-hydrogen) atoms. The van der Waals surface area contributed by atoms with Crippen LogP contribution in [0.15, 0.2) is 24.3 Å². The third-order valence-electron chi connectivity index (χ3n) is 2.17. The monoisotopic (exact) mass is 219 g/mol. The summed E-state index contributed by atoms with van der Waals surface area (Å²) in [6, 6.07) is 7.60. The van der Waals surface area contributed by atoms with Gasteiger partial charge in [-0.25, -0.2) is 0 Å². The second-order valence-electron chi connectivity index (χ2n) is 3.24. The zero-order chi connectivity index (χ0) is 11.4. The third-order valence-corrected chi connectivity index (χ3v) is 2.17. The minimum absolute atomic E-state index is 0.615. The summed E-state index contributed by atoms with van der Waals surface area (Å²) in [7, 11) is 3.48. The van der Waals surface area contributed by atoms with Crippen LogP contribution in [0.2, 0.25) is 0 Å². The quantitative estimate of drug-likeness (QED) is 0.805. The van der Waals surface area contributed by atoms with E-state index < -0.39 is 0 Å². The van der Waals surface area contributed by atoms with E-state index in [0.29, 0.717) is 6.54 Å². The largest absolute Gasteiger partial charge is 0.497 e. The molecule has 0 fully saturated rings. The summed E-state index contributed by atoms with van der Waals surface area (Å²) >= 11 is 0. The predicted molar refractivity (Wildman–Crippen MR) is 58.5 cm³/mol. The van der Waals surface area contributed by atoms with Crippen molar-refractivity contribution in [3.05, 3.63) is 30.1 Å². The highest BCUT2D eigenvalue weighted by atomic mass is 16.5. The molecule has 0 aliphatic heterocycles. The van der Waals surface area contributed by atoms with E-state index in [0.717, 1.165) is 17.3 Å². The first-order valence-corrected chi connectivity index (χ1v) is 4.91. The molecule has 84 valence electrons. The first kappa shape index (κ1) is 10.6. The van der Waals surface area contributed by atoms with Crippen LogP contribution in [0.4, 0.5) is 0 Å². The fourth-order valence-corrected chi connectivity index (χ4v) is 1.42. The second-order valence-corrected chi connectivity index (χ2v) is 3.24. The maximum Gasteiger partial charge on any atom is 0.170 e. The van der Waals surface area contributed by atoms with E-state index in [9.17, 15) is 0 Å². The van der Waals surface area contributed by atoms with Gasteiger partial charge in [0.05, 0.1) is 19.3 Å². The SMILES string of the molecule is CNCc1nnnn1-c1cccc(OC)c1. The summed E-state index contributed by atoms with van der Waals surface area (Å²) in [5.41, 5.74) is 0.884. The topological polar surface area (TPSA) is 64.9 Å². The molecule has 1 heterocycles. The summed E-state index contributed by atoms with van der Waals surface area (Å²) in [5, 5.41) is 14.5. The molecule has 1 aromatic heterocycles. The number of benzene rings is 1. The molecule has 0 aliphatic rings. The van der Waals surface area contributed by atoms with Crippen LogP contribution in [-0.4, -0.2) is 34.4 Å². The molecular formula is C10H13N5O. The molecule has 6 heteroatoms. The normalized spacial score (nSPS) is 10.4. The molecule has 0 saturated heterocycles. The molecule has 0 atom stereocenters. The Morgan fingerprint density at radius 2 is 2.31 bits per heavy atom. The predicted octanol–water partition coefficient (Wildman–Crippen LogP) is 0.390. The van der Waals surface area contributed by atoms with E-state index in [2.05, 4.69) is 20.8 Å². The van der Waals surface area contributed by atoms with E-state index in [1.807, 2.05) is 31.3 Å². The highest BCUT2D eigenvalue weighted by Gasteiger charge is 2.07. The van der Waals surface area contributed by atoms with Crippen molar-refractivity contribution < 1.29 is 4.74 Å². The smallest absolute Gasteiger partial charge is 0.170 e. The minimum Gasteiger partial charge on any atom is -0.497 e. The Hall–Kier alpha value is -1.95. The fraction of sp³-hybridized carbons (Fsp3) is 0.300. The Morgan fingerprint density at radius 3 is 3.06 bits per heavy atom. The zero-order valence-electron chi connectivity index (χ0n) is 9.21. The van der Waals surface area contributed by atoms with Crippen LogP contribution in [0.25, 0.3) is 5.69 Å². The Kier molecular flexibility index (Phi) is 3.11. The molecular weight excluding hydrogens is 206 g/mol. The maximum absolute atomic E-state index is 5.16. The van der Waals surface area contributed by atoms with Crippen LogP contribution in [-0.2, 0) is 6.54 Å². The molecule has 0 spiro atoms. The van der Waals surface area contributed by atoms with Gasteiger partial charge in [0.25, 0.3) is 0 Å². The number of methoxy groups -OCH3 is 1. The van der Waals surface area contributed by atoms with Gasteiger partial charge in [0.2, 0.25) is 0 Å². The average molecular weight is 219 g/mol. The van der Waals surface area contributed by atoms with E-state index >= 15 is 0 Å². The molecule has 2 rings (SSSR count). The van der Waals surface area contributed by atoms with Gasteiger partial charge in [0, 0.05) is 6.07 Å². The van der Waals surface area contributed by atoms with Gasteiger partial charge in [-0.05, 0) is 29.6 Å². The van der Waals surface area contributed by atoms with E-state index in [1.165, 1.54) is 0 Å². The van der Waals surface area contributed by atoms with Crippen molar-refractivity contribution in [1.29, 1.82) is 0 Å². The number of hydrogen-bond acceptors (Lipinski definition) is 5. The Bertz CT molecular complexity index is 468. The highest BCUT2D eigenvalue weighted by molar-refractivity contribution is 5.38. The molecule has 0 bridgehead atoms. The Morgan fingerprint density at radius 1 is 1.44 bits per heavy atom. The Labute approximate surface area is 93.2 Å². The van der Waals surface area contributed by atoms with Gasteiger partial charge in [-0.15, -0.1) is 5.10 Å². The van der Waals surface area contributed by atoms with Crippen LogP contribution < -0.4 is 10.1 Å².